The Morgan fingerprint density at radius 2 is 2.31 bits per heavy atom. The summed E-state index contributed by atoms with van der Waals surface area (Å²) in [6, 6.07) is 6.43. The first-order valence-electron chi connectivity index (χ1n) is 4.81. The molecule has 4 heteroatoms. The Morgan fingerprint density at radius 3 is 3.23 bits per heavy atom. The minimum absolute atomic E-state index is 0.599. The van der Waals surface area contributed by atoms with Crippen LogP contribution >= 0.6 is 0 Å². The van der Waals surface area contributed by atoms with Gasteiger partial charge in [-0.1, -0.05) is 6.07 Å². The van der Waals surface area contributed by atoms with E-state index in [2.05, 4.69) is 45.6 Å². The van der Waals surface area contributed by atoms with Crippen molar-refractivity contribution in [3.63, 3.8) is 0 Å². The Balaban J connectivity index is 2.05. The number of hydrogen-bond acceptors (Lipinski definition) is 2. The minimum Gasteiger partial charge on any atom is -0.306 e. The molecule has 1 fully saturated rings. The molecule has 0 N–H and O–H groups in total. The number of likely N-dealkylation sites (N-methyl/N-ethyl adjacent to an activating group) is 1. The maximum Gasteiger partial charge on any atom is 0.507 e. The molecule has 13 heavy (non-hydrogen) atoms. The molecule has 0 radical (unpaired) electrons. The molecule has 0 amide bonds. The van der Waals surface area contributed by atoms with Gasteiger partial charge in [-0.25, -0.2) is 4.57 Å². The second-order valence-corrected chi connectivity index (χ2v) is 3.87. The van der Waals surface area contributed by atoms with Crippen molar-refractivity contribution in [3.05, 3.63) is 24.4 Å². The second kappa shape index (κ2) is 2.48. The van der Waals surface area contributed by atoms with E-state index in [1.54, 1.807) is 0 Å². The standard InChI is InChI=1S/C9H13BN3/c1-11-6-7-13-9-4-2-3-5-12(9)8-10(11)13/h2-5H,6-8H2,1H3/q+1. The maximum atomic E-state index is 2.49. The van der Waals surface area contributed by atoms with E-state index < -0.39 is 0 Å². The highest BCUT2D eigenvalue weighted by atomic mass is 15.4. The highest BCUT2D eigenvalue weighted by Gasteiger charge is 2.49. The van der Waals surface area contributed by atoms with Crippen LogP contribution in [0.2, 0.25) is 0 Å². The molecule has 2 aliphatic rings. The number of rotatable bonds is 0. The first kappa shape index (κ1) is 7.39. The number of fused-ring (bicyclic) bond motifs is 3. The van der Waals surface area contributed by atoms with E-state index in [0.717, 1.165) is 6.44 Å². The molecule has 0 bridgehead atoms. The van der Waals surface area contributed by atoms with E-state index in [9.17, 15) is 0 Å². The van der Waals surface area contributed by atoms with Crippen LogP contribution in [0.3, 0.4) is 0 Å². The lowest BCUT2D eigenvalue weighted by Gasteiger charge is -2.07. The topological polar surface area (TPSA) is 10.4 Å². The van der Waals surface area contributed by atoms with Crippen molar-refractivity contribution in [3.8, 4) is 0 Å². The lowest BCUT2D eigenvalue weighted by Crippen LogP contribution is -2.43. The number of hydrogen-bond donors (Lipinski definition) is 0. The predicted octanol–water partition coefficient (Wildman–Crippen LogP) is -0.233. The molecule has 3 heterocycles. The Bertz CT molecular complexity index is 341. The molecular formula is C9H13BN3+. The molecule has 0 saturated carbocycles. The van der Waals surface area contributed by atoms with Gasteiger partial charge in [-0.05, 0) is 13.1 Å². The van der Waals surface area contributed by atoms with Gasteiger partial charge >= 0.3 is 6.98 Å². The Labute approximate surface area is 78.7 Å². The van der Waals surface area contributed by atoms with Crippen LogP contribution in [-0.2, 0) is 6.44 Å². The van der Waals surface area contributed by atoms with Crippen LogP contribution in [0.5, 0.6) is 0 Å². The summed E-state index contributed by atoms with van der Waals surface area (Å²) in [6.45, 7) is 2.97. The molecule has 0 aliphatic carbocycles. The molecule has 3 rings (SSSR count). The molecule has 66 valence electrons. The van der Waals surface area contributed by atoms with Gasteiger partial charge < -0.3 is 4.81 Å². The quantitative estimate of drug-likeness (QED) is 0.397. The fourth-order valence-electron chi connectivity index (χ4n) is 2.36. The Hall–Kier alpha value is -1.03. The van der Waals surface area contributed by atoms with E-state index in [0.29, 0.717) is 6.98 Å². The highest BCUT2D eigenvalue weighted by molar-refractivity contribution is 6.60. The van der Waals surface area contributed by atoms with Crippen LogP contribution in [0.25, 0.3) is 0 Å². The lowest BCUT2D eigenvalue weighted by atomic mass is 9.76. The third kappa shape index (κ3) is 0.921. The summed E-state index contributed by atoms with van der Waals surface area (Å²) >= 11 is 0. The summed E-state index contributed by atoms with van der Waals surface area (Å²) in [6.07, 6.45) is 3.29. The van der Waals surface area contributed by atoms with Crippen molar-refractivity contribution in [2.24, 2.45) is 0 Å². The second-order valence-electron chi connectivity index (χ2n) is 3.87. The van der Waals surface area contributed by atoms with E-state index >= 15 is 0 Å². The molecule has 2 aliphatic heterocycles. The first-order chi connectivity index (χ1) is 6.36. The average Bonchev–Trinajstić information content (AvgIpc) is 2.67. The monoisotopic (exact) mass is 174 g/mol. The van der Waals surface area contributed by atoms with Gasteiger partial charge in [-0.2, -0.15) is 0 Å². The number of nitrogens with zero attached hydrogens (tertiary/aromatic N) is 3. The summed E-state index contributed by atoms with van der Waals surface area (Å²) in [5.74, 6) is 1.37. The molecule has 1 aromatic rings. The van der Waals surface area contributed by atoms with E-state index in [1.807, 2.05) is 0 Å². The van der Waals surface area contributed by atoms with Crippen molar-refractivity contribution in [2.45, 2.75) is 6.44 Å². The van der Waals surface area contributed by atoms with Crippen molar-refractivity contribution in [1.82, 2.24) is 4.81 Å². The Kier molecular flexibility index (Phi) is 1.41. The van der Waals surface area contributed by atoms with Gasteiger partial charge in [0.25, 0.3) is 5.82 Å². The molecule has 0 unspecified atom stereocenters. The van der Waals surface area contributed by atoms with Crippen molar-refractivity contribution in [1.29, 1.82) is 0 Å². The zero-order chi connectivity index (χ0) is 8.84. The van der Waals surface area contributed by atoms with Crippen LogP contribution in [0.1, 0.15) is 0 Å². The zero-order valence-corrected chi connectivity index (χ0v) is 7.85. The van der Waals surface area contributed by atoms with E-state index in [1.165, 1.54) is 18.9 Å². The van der Waals surface area contributed by atoms with Gasteiger partial charge in [-0.15, -0.1) is 0 Å². The van der Waals surface area contributed by atoms with Crippen LogP contribution in [0.15, 0.2) is 24.4 Å². The fraction of sp³-hybridized carbons (Fsp3) is 0.444. The lowest BCUT2D eigenvalue weighted by molar-refractivity contribution is -0.661. The summed E-state index contributed by atoms with van der Waals surface area (Å²) in [7, 11) is 2.21. The highest BCUT2D eigenvalue weighted by Crippen LogP contribution is 2.21. The van der Waals surface area contributed by atoms with Crippen LogP contribution in [-0.4, -0.2) is 31.9 Å². The third-order valence-corrected chi connectivity index (χ3v) is 3.13. The molecule has 0 spiro atoms. The number of pyridine rings is 1. The van der Waals surface area contributed by atoms with Gasteiger partial charge in [-0.3, -0.25) is 4.81 Å². The summed E-state index contributed by atoms with van der Waals surface area (Å²) in [5.41, 5.74) is 0. The van der Waals surface area contributed by atoms with Gasteiger partial charge in [0.15, 0.2) is 0 Å². The average molecular weight is 174 g/mol. The predicted molar refractivity (Wildman–Crippen MR) is 52.4 cm³/mol. The molecule has 0 atom stereocenters. The molecule has 3 nitrogen and oxygen atoms in total. The van der Waals surface area contributed by atoms with Gasteiger partial charge in [0.05, 0.1) is 12.7 Å². The molecule has 1 aromatic heterocycles. The molecule has 1 saturated heterocycles. The fourth-order valence-corrected chi connectivity index (χ4v) is 2.36. The third-order valence-electron chi connectivity index (χ3n) is 3.13. The molecular weight excluding hydrogens is 161 g/mol. The minimum atomic E-state index is 0.599. The maximum absolute atomic E-state index is 2.49. The van der Waals surface area contributed by atoms with Crippen LogP contribution in [0.4, 0.5) is 5.82 Å². The van der Waals surface area contributed by atoms with Crippen LogP contribution < -0.4 is 9.38 Å². The summed E-state index contributed by atoms with van der Waals surface area (Å²) in [5, 5.41) is 0. The first-order valence-corrected chi connectivity index (χ1v) is 4.81. The van der Waals surface area contributed by atoms with Crippen LogP contribution in [0, 0.1) is 0 Å². The van der Waals surface area contributed by atoms with Crippen molar-refractivity contribution in [2.75, 3.05) is 24.9 Å². The molecule has 0 aromatic carbocycles. The summed E-state index contributed by atoms with van der Waals surface area (Å²) < 4.78 is 2.33. The number of aromatic nitrogens is 1. The largest absolute Gasteiger partial charge is 0.507 e. The van der Waals surface area contributed by atoms with E-state index in [4.69, 9.17) is 0 Å². The Morgan fingerprint density at radius 1 is 1.38 bits per heavy atom. The zero-order valence-electron chi connectivity index (χ0n) is 7.85. The van der Waals surface area contributed by atoms with Crippen molar-refractivity contribution >= 4 is 12.8 Å². The van der Waals surface area contributed by atoms with Gasteiger partial charge in [0.1, 0.15) is 6.44 Å². The normalized spacial score (nSPS) is 20.7. The van der Waals surface area contributed by atoms with E-state index in [-0.39, 0.29) is 0 Å². The van der Waals surface area contributed by atoms with Crippen molar-refractivity contribution < 1.29 is 4.57 Å². The SMILES string of the molecule is CN1CCN2B1C[n+]1ccccc12. The van der Waals surface area contributed by atoms with Gasteiger partial charge in [0, 0.05) is 12.6 Å². The van der Waals surface area contributed by atoms with Gasteiger partial charge in [0.2, 0.25) is 0 Å². The number of anilines is 1. The summed E-state index contributed by atoms with van der Waals surface area (Å²) in [4.78, 5) is 4.91. The smallest absolute Gasteiger partial charge is 0.306 e.